The highest BCUT2D eigenvalue weighted by atomic mass is 35.5. The lowest BCUT2D eigenvalue weighted by atomic mass is 9.99. The fourth-order valence-corrected chi connectivity index (χ4v) is 4.12. The van der Waals surface area contributed by atoms with Gasteiger partial charge in [0.25, 0.3) is 0 Å². The zero-order chi connectivity index (χ0) is 23.5. The van der Waals surface area contributed by atoms with Crippen LogP contribution >= 0.6 is 11.6 Å². The highest BCUT2D eigenvalue weighted by Gasteiger charge is 2.15. The van der Waals surface area contributed by atoms with Crippen molar-refractivity contribution in [3.8, 4) is 16.9 Å². The van der Waals surface area contributed by atoms with Crippen LogP contribution in [0.4, 0.5) is 5.69 Å². The molecule has 1 heterocycles. The minimum Gasteiger partial charge on any atom is -0.493 e. The molecule has 0 radical (unpaired) electrons. The molecule has 0 bridgehead atoms. The molecule has 1 aromatic heterocycles. The normalized spacial score (nSPS) is 11.6. The summed E-state index contributed by atoms with van der Waals surface area (Å²) in [6, 6.07) is 17.5. The number of nitrogens with one attached hydrogen (secondary N) is 1. The third-order valence-corrected chi connectivity index (χ3v) is 5.64. The predicted octanol–water partition coefficient (Wildman–Crippen LogP) is 7.81. The van der Waals surface area contributed by atoms with E-state index in [4.69, 9.17) is 20.8 Å². The first-order valence-corrected chi connectivity index (χ1v) is 11.2. The fourth-order valence-electron chi connectivity index (χ4n) is 3.99. The molecule has 0 atom stereocenters. The lowest BCUT2D eigenvalue weighted by Gasteiger charge is -2.12. The van der Waals surface area contributed by atoms with Gasteiger partial charge in [0.05, 0.1) is 12.9 Å². The van der Waals surface area contributed by atoms with Crippen molar-refractivity contribution >= 4 is 39.7 Å². The molecule has 0 fully saturated rings. The lowest BCUT2D eigenvalue weighted by Crippen LogP contribution is -2.09. The number of ether oxygens (including phenoxy) is 1. The van der Waals surface area contributed by atoms with Gasteiger partial charge in [-0.1, -0.05) is 29.8 Å². The molecule has 0 unspecified atom stereocenters. The standard InChI is InChI=1S/C28H26ClNO3/c1-5-32-26-15-27-24(25(16-33-27)20-6-8-21(29)9-7-20)14-23(26)19(4)13-28(31)30-22-11-17(2)10-18(3)12-22/h6-16H,5H2,1-4H3,(H,30,31)/b19-13+. The van der Waals surface area contributed by atoms with Crippen molar-refractivity contribution in [2.24, 2.45) is 0 Å². The largest absolute Gasteiger partial charge is 0.493 e. The Morgan fingerprint density at radius 3 is 2.42 bits per heavy atom. The van der Waals surface area contributed by atoms with Gasteiger partial charge in [-0.3, -0.25) is 4.79 Å². The van der Waals surface area contributed by atoms with Gasteiger partial charge in [0.15, 0.2) is 0 Å². The number of amides is 1. The molecule has 3 aromatic carbocycles. The van der Waals surface area contributed by atoms with Gasteiger partial charge in [-0.15, -0.1) is 0 Å². The third kappa shape index (κ3) is 5.12. The van der Waals surface area contributed by atoms with Gasteiger partial charge in [0, 0.05) is 39.4 Å². The summed E-state index contributed by atoms with van der Waals surface area (Å²) >= 11 is 6.05. The minimum atomic E-state index is -0.190. The van der Waals surface area contributed by atoms with E-state index in [1.54, 1.807) is 12.3 Å². The maximum Gasteiger partial charge on any atom is 0.248 e. The van der Waals surface area contributed by atoms with E-state index >= 15 is 0 Å². The van der Waals surface area contributed by atoms with Crippen molar-refractivity contribution in [3.63, 3.8) is 0 Å². The van der Waals surface area contributed by atoms with Gasteiger partial charge < -0.3 is 14.5 Å². The molecule has 0 spiro atoms. The summed E-state index contributed by atoms with van der Waals surface area (Å²) in [7, 11) is 0. The average Bonchev–Trinajstić information content (AvgIpc) is 3.16. The first-order valence-electron chi connectivity index (χ1n) is 10.9. The third-order valence-electron chi connectivity index (χ3n) is 5.39. The summed E-state index contributed by atoms with van der Waals surface area (Å²) in [5.41, 5.74) is 7.30. The van der Waals surface area contributed by atoms with Crippen molar-refractivity contribution in [1.82, 2.24) is 0 Å². The van der Waals surface area contributed by atoms with Gasteiger partial charge >= 0.3 is 0 Å². The minimum absolute atomic E-state index is 0.190. The van der Waals surface area contributed by atoms with Crippen molar-refractivity contribution < 1.29 is 13.9 Å². The molecule has 0 aliphatic rings. The Balaban J connectivity index is 1.72. The number of carbonyl (C=O) groups excluding carboxylic acids is 1. The second-order valence-corrected chi connectivity index (χ2v) is 8.56. The summed E-state index contributed by atoms with van der Waals surface area (Å²) in [6.07, 6.45) is 3.34. The molecule has 168 valence electrons. The van der Waals surface area contributed by atoms with E-state index in [9.17, 15) is 4.79 Å². The smallest absolute Gasteiger partial charge is 0.248 e. The number of hydrogen-bond acceptors (Lipinski definition) is 3. The van der Waals surface area contributed by atoms with Crippen LogP contribution in [0.5, 0.6) is 5.75 Å². The highest BCUT2D eigenvalue weighted by Crippen LogP contribution is 2.37. The molecule has 0 aliphatic carbocycles. The molecule has 4 nitrogen and oxygen atoms in total. The average molecular weight is 460 g/mol. The van der Waals surface area contributed by atoms with Crippen LogP contribution in [0.3, 0.4) is 0 Å². The molecule has 33 heavy (non-hydrogen) atoms. The van der Waals surface area contributed by atoms with Crippen molar-refractivity contribution in [2.75, 3.05) is 11.9 Å². The van der Waals surface area contributed by atoms with Gasteiger partial charge in [-0.2, -0.15) is 0 Å². The van der Waals surface area contributed by atoms with E-state index < -0.39 is 0 Å². The van der Waals surface area contributed by atoms with Crippen molar-refractivity contribution in [3.05, 3.63) is 88.6 Å². The zero-order valence-electron chi connectivity index (χ0n) is 19.2. The molecular formula is C28H26ClNO3. The maximum atomic E-state index is 12.8. The summed E-state index contributed by atoms with van der Waals surface area (Å²) in [6.45, 7) is 8.37. The molecule has 0 saturated heterocycles. The van der Waals surface area contributed by atoms with Crippen LogP contribution in [0.25, 0.3) is 27.7 Å². The van der Waals surface area contributed by atoms with E-state index in [1.807, 2.05) is 76.2 Å². The lowest BCUT2D eigenvalue weighted by molar-refractivity contribution is -0.111. The molecule has 5 heteroatoms. The summed E-state index contributed by atoms with van der Waals surface area (Å²) in [4.78, 5) is 12.8. The van der Waals surface area contributed by atoms with Crippen LogP contribution in [0, 0.1) is 13.8 Å². The van der Waals surface area contributed by atoms with E-state index in [-0.39, 0.29) is 5.91 Å². The first kappa shape index (κ1) is 22.7. The molecule has 1 amide bonds. The molecule has 1 N–H and O–H groups in total. The van der Waals surface area contributed by atoms with Crippen molar-refractivity contribution in [1.29, 1.82) is 0 Å². The first-order chi connectivity index (χ1) is 15.8. The molecule has 0 aliphatic heterocycles. The number of furan rings is 1. The molecular weight excluding hydrogens is 434 g/mol. The van der Waals surface area contributed by atoms with Gasteiger partial charge in [0.2, 0.25) is 5.91 Å². The second kappa shape index (κ2) is 9.55. The van der Waals surface area contributed by atoms with E-state index in [2.05, 4.69) is 11.4 Å². The SMILES string of the molecule is CCOc1cc2occ(-c3ccc(Cl)cc3)c2cc1/C(C)=C/C(=O)Nc1cc(C)cc(C)c1. The van der Waals surface area contributed by atoms with Gasteiger partial charge in [0.1, 0.15) is 11.3 Å². The van der Waals surface area contributed by atoms with Crippen LogP contribution in [0.15, 0.2) is 71.4 Å². The quantitative estimate of drug-likeness (QED) is 0.299. The summed E-state index contributed by atoms with van der Waals surface area (Å²) in [5.74, 6) is 0.486. The number of benzene rings is 3. The summed E-state index contributed by atoms with van der Waals surface area (Å²) in [5, 5.41) is 4.59. The summed E-state index contributed by atoms with van der Waals surface area (Å²) < 4.78 is 11.7. The Morgan fingerprint density at radius 1 is 1.06 bits per heavy atom. The monoisotopic (exact) mass is 459 g/mol. The molecule has 4 rings (SSSR count). The van der Waals surface area contributed by atoms with Crippen LogP contribution in [0.2, 0.25) is 5.02 Å². The Labute approximate surface area is 198 Å². The van der Waals surface area contributed by atoms with Crippen LogP contribution in [-0.4, -0.2) is 12.5 Å². The number of anilines is 1. The fraction of sp³-hybridized carbons (Fsp3) is 0.179. The Kier molecular flexibility index (Phi) is 6.57. The van der Waals surface area contributed by atoms with Crippen LogP contribution < -0.4 is 10.1 Å². The predicted molar refractivity (Wildman–Crippen MR) is 136 cm³/mol. The van der Waals surface area contributed by atoms with Gasteiger partial charge in [-0.25, -0.2) is 0 Å². The number of allylic oxidation sites excluding steroid dienone is 1. The van der Waals surface area contributed by atoms with Crippen molar-refractivity contribution in [2.45, 2.75) is 27.7 Å². The van der Waals surface area contributed by atoms with Gasteiger partial charge in [-0.05, 0) is 80.3 Å². The number of halogens is 1. The van der Waals surface area contributed by atoms with E-state index in [0.717, 1.165) is 50.0 Å². The number of aryl methyl sites for hydroxylation is 2. The van der Waals surface area contributed by atoms with Crippen LogP contribution in [0.1, 0.15) is 30.5 Å². The van der Waals surface area contributed by atoms with Crippen LogP contribution in [-0.2, 0) is 4.79 Å². The second-order valence-electron chi connectivity index (χ2n) is 8.13. The Bertz CT molecular complexity index is 1330. The topological polar surface area (TPSA) is 51.5 Å². The molecule has 4 aromatic rings. The number of rotatable bonds is 6. The number of hydrogen-bond donors (Lipinski definition) is 1. The maximum absolute atomic E-state index is 12.8. The number of carbonyl (C=O) groups is 1. The Morgan fingerprint density at radius 2 is 1.76 bits per heavy atom. The van der Waals surface area contributed by atoms with E-state index in [0.29, 0.717) is 17.4 Å². The molecule has 0 saturated carbocycles. The Hall–Kier alpha value is -3.50. The van der Waals surface area contributed by atoms with E-state index in [1.165, 1.54) is 0 Å². The zero-order valence-corrected chi connectivity index (χ0v) is 19.9. The number of fused-ring (bicyclic) bond motifs is 1. The highest BCUT2D eigenvalue weighted by molar-refractivity contribution is 6.30.